The molecule has 6 heteroatoms. The van der Waals surface area contributed by atoms with Gasteiger partial charge in [-0.15, -0.1) is 0 Å². The van der Waals surface area contributed by atoms with Crippen molar-refractivity contribution in [1.82, 2.24) is 0 Å². The van der Waals surface area contributed by atoms with E-state index in [1.54, 1.807) is 0 Å². The Morgan fingerprint density at radius 2 is 1.81 bits per heavy atom. The molecule has 5 nitrogen and oxygen atoms in total. The molecule has 0 saturated carbocycles. The van der Waals surface area contributed by atoms with Gasteiger partial charge in [-0.05, 0) is 23.6 Å². The standard InChI is InChI=1S/C15H16O5S/c1-8(2)9-5-6-11-10(7-9)20-12(14(16)18-3)13(21-11)15(17)19-4/h5-8H,1-4H3. The Balaban J connectivity index is 2.45. The van der Waals surface area contributed by atoms with E-state index in [-0.39, 0.29) is 10.7 Å². The van der Waals surface area contributed by atoms with E-state index in [1.807, 2.05) is 18.2 Å². The number of carbonyl (C=O) groups excluding carboxylic acids is 2. The largest absolute Gasteiger partial charge is 0.465 e. The molecule has 0 bridgehead atoms. The number of thioether (sulfide) groups is 1. The second kappa shape index (κ2) is 6.22. The monoisotopic (exact) mass is 308 g/mol. The summed E-state index contributed by atoms with van der Waals surface area (Å²) >= 11 is 1.14. The number of hydrogen-bond acceptors (Lipinski definition) is 6. The maximum Gasteiger partial charge on any atom is 0.375 e. The molecule has 2 rings (SSSR count). The van der Waals surface area contributed by atoms with E-state index in [1.165, 1.54) is 14.2 Å². The summed E-state index contributed by atoms with van der Waals surface area (Å²) in [6.45, 7) is 4.13. The molecule has 0 N–H and O–H groups in total. The van der Waals surface area contributed by atoms with Gasteiger partial charge in [0.2, 0.25) is 5.76 Å². The zero-order chi connectivity index (χ0) is 15.6. The lowest BCUT2D eigenvalue weighted by atomic mass is 10.0. The molecule has 0 atom stereocenters. The summed E-state index contributed by atoms with van der Waals surface area (Å²) in [6, 6.07) is 5.70. The van der Waals surface area contributed by atoms with Crippen molar-refractivity contribution in [1.29, 1.82) is 0 Å². The molecule has 0 radical (unpaired) electrons. The average Bonchev–Trinajstić information content (AvgIpc) is 2.51. The van der Waals surface area contributed by atoms with E-state index in [4.69, 9.17) is 4.74 Å². The molecular weight excluding hydrogens is 292 g/mol. The fourth-order valence-corrected chi connectivity index (χ4v) is 2.76. The van der Waals surface area contributed by atoms with Crippen molar-refractivity contribution in [3.8, 4) is 5.75 Å². The zero-order valence-electron chi connectivity index (χ0n) is 12.3. The van der Waals surface area contributed by atoms with Gasteiger partial charge in [0.05, 0.1) is 19.1 Å². The van der Waals surface area contributed by atoms with Crippen LogP contribution in [0.4, 0.5) is 0 Å². The van der Waals surface area contributed by atoms with Crippen LogP contribution in [-0.2, 0) is 19.1 Å². The van der Waals surface area contributed by atoms with Crippen LogP contribution in [0.5, 0.6) is 5.75 Å². The van der Waals surface area contributed by atoms with Crippen LogP contribution in [0, 0.1) is 0 Å². The molecule has 0 unspecified atom stereocenters. The summed E-state index contributed by atoms with van der Waals surface area (Å²) in [5, 5.41) is 0. The highest BCUT2D eigenvalue weighted by Crippen LogP contribution is 2.43. The molecular formula is C15H16O5S. The molecule has 1 aliphatic rings. The van der Waals surface area contributed by atoms with E-state index in [2.05, 4.69) is 23.3 Å². The lowest BCUT2D eigenvalue weighted by Gasteiger charge is -2.21. The number of fused-ring (bicyclic) bond motifs is 1. The van der Waals surface area contributed by atoms with Crippen LogP contribution in [0.3, 0.4) is 0 Å². The number of rotatable bonds is 3. The molecule has 0 aromatic heterocycles. The Hall–Kier alpha value is -1.95. The quantitative estimate of drug-likeness (QED) is 0.800. The Kier molecular flexibility index (Phi) is 4.57. The predicted octanol–water partition coefficient (Wildman–Crippen LogP) is 2.85. The van der Waals surface area contributed by atoms with Crippen molar-refractivity contribution in [2.75, 3.05) is 14.2 Å². The van der Waals surface area contributed by atoms with Crippen molar-refractivity contribution < 1.29 is 23.8 Å². The fourth-order valence-electron chi connectivity index (χ4n) is 1.81. The van der Waals surface area contributed by atoms with E-state index in [9.17, 15) is 9.59 Å². The first-order chi connectivity index (χ1) is 9.97. The first-order valence-electron chi connectivity index (χ1n) is 6.38. The van der Waals surface area contributed by atoms with Gasteiger partial charge >= 0.3 is 11.9 Å². The Bertz CT molecular complexity index is 618. The first kappa shape index (κ1) is 15.4. The predicted molar refractivity (Wildman–Crippen MR) is 78.1 cm³/mol. The number of hydrogen-bond donors (Lipinski definition) is 0. The van der Waals surface area contributed by atoms with Crippen molar-refractivity contribution in [2.45, 2.75) is 24.7 Å². The third-order valence-corrected chi connectivity index (χ3v) is 4.12. The third-order valence-electron chi connectivity index (χ3n) is 3.01. The number of ether oxygens (including phenoxy) is 3. The average molecular weight is 308 g/mol. The maximum atomic E-state index is 11.8. The minimum Gasteiger partial charge on any atom is -0.465 e. The highest BCUT2D eigenvalue weighted by molar-refractivity contribution is 8.04. The van der Waals surface area contributed by atoms with Crippen LogP contribution in [0.15, 0.2) is 33.8 Å². The van der Waals surface area contributed by atoms with E-state index in [0.29, 0.717) is 11.7 Å². The lowest BCUT2D eigenvalue weighted by Crippen LogP contribution is -2.20. The lowest BCUT2D eigenvalue weighted by molar-refractivity contribution is -0.140. The van der Waals surface area contributed by atoms with Gasteiger partial charge in [-0.3, -0.25) is 0 Å². The Labute approximate surface area is 127 Å². The third kappa shape index (κ3) is 3.05. The summed E-state index contributed by atoms with van der Waals surface area (Å²) < 4.78 is 14.9. The highest BCUT2D eigenvalue weighted by atomic mass is 32.2. The van der Waals surface area contributed by atoms with Crippen molar-refractivity contribution in [2.24, 2.45) is 0 Å². The van der Waals surface area contributed by atoms with Crippen LogP contribution < -0.4 is 4.74 Å². The molecule has 1 aromatic carbocycles. The van der Waals surface area contributed by atoms with Gasteiger partial charge in [-0.1, -0.05) is 31.7 Å². The van der Waals surface area contributed by atoms with Crippen LogP contribution >= 0.6 is 11.8 Å². The van der Waals surface area contributed by atoms with Gasteiger partial charge in [-0.25, -0.2) is 9.59 Å². The molecule has 1 aliphatic heterocycles. The van der Waals surface area contributed by atoms with Gasteiger partial charge in [0.15, 0.2) is 0 Å². The minimum atomic E-state index is -0.705. The fraction of sp³-hybridized carbons (Fsp3) is 0.333. The number of methoxy groups -OCH3 is 2. The van der Waals surface area contributed by atoms with Crippen LogP contribution in [0.1, 0.15) is 25.3 Å². The molecule has 21 heavy (non-hydrogen) atoms. The molecule has 0 spiro atoms. The van der Waals surface area contributed by atoms with Crippen molar-refractivity contribution in [3.63, 3.8) is 0 Å². The topological polar surface area (TPSA) is 61.8 Å². The second-order valence-electron chi connectivity index (χ2n) is 4.71. The summed E-state index contributed by atoms with van der Waals surface area (Å²) in [7, 11) is 2.49. The summed E-state index contributed by atoms with van der Waals surface area (Å²) in [5.41, 5.74) is 1.08. The van der Waals surface area contributed by atoms with Gasteiger partial charge in [0.1, 0.15) is 10.7 Å². The molecule has 0 aliphatic carbocycles. The SMILES string of the molecule is COC(=O)C1=C(C(=O)OC)Sc2ccc(C(C)C)cc2O1. The summed E-state index contributed by atoms with van der Waals surface area (Å²) in [6.07, 6.45) is 0. The van der Waals surface area contributed by atoms with Gasteiger partial charge in [0, 0.05) is 0 Å². The number of benzene rings is 1. The number of esters is 2. The van der Waals surface area contributed by atoms with Crippen molar-refractivity contribution in [3.05, 3.63) is 34.4 Å². The normalized spacial score (nSPS) is 13.6. The molecule has 112 valence electrons. The Morgan fingerprint density at radius 3 is 2.38 bits per heavy atom. The highest BCUT2D eigenvalue weighted by Gasteiger charge is 2.31. The van der Waals surface area contributed by atoms with Crippen LogP contribution in [0.2, 0.25) is 0 Å². The summed E-state index contributed by atoms with van der Waals surface area (Å²) in [4.78, 5) is 24.4. The molecule has 1 heterocycles. The van der Waals surface area contributed by atoms with Crippen LogP contribution in [-0.4, -0.2) is 26.2 Å². The first-order valence-corrected chi connectivity index (χ1v) is 7.20. The maximum absolute atomic E-state index is 11.8. The van der Waals surface area contributed by atoms with Crippen LogP contribution in [0.25, 0.3) is 0 Å². The zero-order valence-corrected chi connectivity index (χ0v) is 13.1. The van der Waals surface area contributed by atoms with Gasteiger partial charge in [-0.2, -0.15) is 0 Å². The van der Waals surface area contributed by atoms with E-state index >= 15 is 0 Å². The van der Waals surface area contributed by atoms with E-state index in [0.717, 1.165) is 22.2 Å². The molecule has 0 fully saturated rings. The van der Waals surface area contributed by atoms with E-state index < -0.39 is 11.9 Å². The molecule has 1 aromatic rings. The van der Waals surface area contributed by atoms with Crippen molar-refractivity contribution >= 4 is 23.7 Å². The van der Waals surface area contributed by atoms with Gasteiger partial charge in [0.25, 0.3) is 0 Å². The van der Waals surface area contributed by atoms with Gasteiger partial charge < -0.3 is 14.2 Å². The molecule has 0 saturated heterocycles. The minimum absolute atomic E-state index is 0.0918. The Morgan fingerprint density at radius 1 is 1.14 bits per heavy atom. The molecule has 0 amide bonds. The summed E-state index contributed by atoms with van der Waals surface area (Å²) in [5.74, 6) is -0.596. The number of carbonyl (C=O) groups is 2. The second-order valence-corrected chi connectivity index (χ2v) is 5.76. The smallest absolute Gasteiger partial charge is 0.375 e.